The highest BCUT2D eigenvalue weighted by atomic mass is 32.2. The summed E-state index contributed by atoms with van der Waals surface area (Å²) in [6.45, 7) is 0.773. The van der Waals surface area contributed by atoms with E-state index in [4.69, 9.17) is 4.74 Å². The number of benzene rings is 1. The number of fused-ring (bicyclic) bond motifs is 2. The van der Waals surface area contributed by atoms with E-state index in [1.165, 1.54) is 10.6 Å². The van der Waals surface area contributed by atoms with E-state index in [0.29, 0.717) is 59.1 Å². The fourth-order valence-electron chi connectivity index (χ4n) is 9.71. The summed E-state index contributed by atoms with van der Waals surface area (Å²) in [7, 11) is -2.24. The quantitative estimate of drug-likeness (QED) is 0.278. The van der Waals surface area contributed by atoms with Crippen molar-refractivity contribution in [1.82, 2.24) is 30.0 Å². The average Bonchev–Trinajstić information content (AvgIpc) is 3.43. The standard InChI is InChI=1S/C28H27N7O5S/c1-41(2,39)34-28-22-19-23(28)21-24(28)20(22)27(19,21)11-30-26(38)15-8-14(32-17-5-6-31-35(15)17)25(37)29-9-12-3-4-16-13(7-12)33-18(36)10-40-16/h3-8,19-24H,1,9-11H2,2H3,(H,29,37)(H,30,38)(H,33,36)(H,34,39). The van der Waals surface area contributed by atoms with Crippen molar-refractivity contribution in [3.8, 4) is 5.75 Å². The minimum absolute atomic E-state index is 0.0239. The highest BCUT2D eigenvalue weighted by Crippen LogP contribution is 3.06. The van der Waals surface area contributed by atoms with Gasteiger partial charge in [0.15, 0.2) is 12.3 Å². The minimum Gasteiger partial charge on any atom is -0.482 e. The van der Waals surface area contributed by atoms with Crippen LogP contribution in [0.1, 0.15) is 26.5 Å². The summed E-state index contributed by atoms with van der Waals surface area (Å²) < 4.78 is 22.5. The first-order chi connectivity index (χ1) is 19.6. The molecule has 1 atom stereocenters. The van der Waals surface area contributed by atoms with Crippen LogP contribution in [0.15, 0.2) is 36.5 Å². The second-order valence-electron chi connectivity index (χ2n) is 12.5. The normalized spacial score (nSPS) is 36.9. The number of carbonyl (C=O) groups is 3. The van der Waals surface area contributed by atoms with Crippen LogP contribution < -0.4 is 25.4 Å². The Morgan fingerprint density at radius 3 is 2.61 bits per heavy atom. The van der Waals surface area contributed by atoms with Gasteiger partial charge >= 0.3 is 0 Å². The van der Waals surface area contributed by atoms with Crippen LogP contribution in [0.2, 0.25) is 0 Å². The molecule has 6 fully saturated rings. The Kier molecular flexibility index (Phi) is 4.20. The van der Waals surface area contributed by atoms with Crippen LogP contribution in [0.4, 0.5) is 5.69 Å². The van der Waals surface area contributed by atoms with Crippen molar-refractivity contribution < 1.29 is 23.3 Å². The molecular weight excluding hydrogens is 546 g/mol. The Morgan fingerprint density at radius 1 is 1.12 bits per heavy atom. The van der Waals surface area contributed by atoms with Crippen LogP contribution in [0, 0.1) is 40.9 Å². The van der Waals surface area contributed by atoms with Crippen LogP contribution >= 0.6 is 0 Å². The molecule has 210 valence electrons. The molecule has 0 radical (unpaired) electrons. The minimum atomic E-state index is -2.24. The number of anilines is 1. The van der Waals surface area contributed by atoms with E-state index in [9.17, 15) is 18.6 Å². The molecule has 6 aliphatic carbocycles. The van der Waals surface area contributed by atoms with Crippen molar-refractivity contribution in [2.24, 2.45) is 40.9 Å². The van der Waals surface area contributed by atoms with Gasteiger partial charge in [-0.3, -0.25) is 18.6 Å². The molecule has 12 nitrogen and oxygen atoms in total. The Labute approximate surface area is 234 Å². The zero-order valence-corrected chi connectivity index (χ0v) is 22.9. The molecular formula is C28H27N7O5S. The highest BCUT2D eigenvalue weighted by molar-refractivity contribution is 7.97. The number of carbonyl (C=O) groups excluding carboxylic acids is 3. The fraction of sp³-hybridized carbons (Fsp3) is 0.429. The van der Waals surface area contributed by atoms with Crippen molar-refractivity contribution in [2.75, 3.05) is 24.7 Å². The fourth-order valence-corrected chi connectivity index (χ4v) is 10.9. The van der Waals surface area contributed by atoms with Gasteiger partial charge in [0, 0.05) is 46.7 Å². The van der Waals surface area contributed by atoms with Gasteiger partial charge in [0.05, 0.1) is 11.9 Å². The van der Waals surface area contributed by atoms with E-state index in [2.05, 4.69) is 36.6 Å². The zero-order valence-electron chi connectivity index (χ0n) is 22.0. The highest BCUT2D eigenvalue weighted by Gasteiger charge is 3.09. The monoisotopic (exact) mass is 573 g/mol. The van der Waals surface area contributed by atoms with Gasteiger partial charge < -0.3 is 20.7 Å². The summed E-state index contributed by atoms with van der Waals surface area (Å²) in [5.74, 6) is 6.88. The lowest BCUT2D eigenvalue weighted by Gasteiger charge is -3.11. The van der Waals surface area contributed by atoms with Gasteiger partial charge in [-0.05, 0) is 64.5 Å². The Hall–Kier alpha value is -3.97. The van der Waals surface area contributed by atoms with Crippen molar-refractivity contribution in [2.45, 2.75) is 12.1 Å². The molecule has 1 aliphatic heterocycles. The largest absolute Gasteiger partial charge is 0.482 e. The molecule has 3 aromatic rings. The van der Waals surface area contributed by atoms with Gasteiger partial charge in [-0.1, -0.05) is 6.07 Å². The van der Waals surface area contributed by atoms with E-state index in [-0.39, 0.29) is 47.3 Å². The first-order valence-corrected chi connectivity index (χ1v) is 15.8. The first kappa shape index (κ1) is 23.7. The number of rotatable bonds is 8. The van der Waals surface area contributed by atoms with E-state index >= 15 is 0 Å². The number of hydrogen-bond donors (Lipinski definition) is 4. The third-order valence-corrected chi connectivity index (χ3v) is 11.5. The Morgan fingerprint density at radius 2 is 1.88 bits per heavy atom. The van der Waals surface area contributed by atoms with Crippen molar-refractivity contribution in [3.63, 3.8) is 0 Å². The lowest BCUT2D eigenvalue weighted by Crippen LogP contribution is -3.15. The summed E-state index contributed by atoms with van der Waals surface area (Å²) in [4.78, 5) is 42.5. The molecule has 10 rings (SSSR count). The molecule has 0 spiro atoms. The number of amides is 3. The number of aromatic nitrogens is 3. The van der Waals surface area contributed by atoms with E-state index in [1.807, 2.05) is 6.07 Å². The average molecular weight is 574 g/mol. The van der Waals surface area contributed by atoms with Gasteiger partial charge in [0.25, 0.3) is 17.7 Å². The zero-order chi connectivity index (χ0) is 28.1. The topological polar surface area (TPSA) is 156 Å². The summed E-state index contributed by atoms with van der Waals surface area (Å²) >= 11 is 0. The summed E-state index contributed by atoms with van der Waals surface area (Å²) in [5, 5.41) is 13.0. The first-order valence-electron chi connectivity index (χ1n) is 13.7. The van der Waals surface area contributed by atoms with Crippen LogP contribution in [-0.4, -0.2) is 67.3 Å². The van der Waals surface area contributed by atoms with Crippen LogP contribution in [0.5, 0.6) is 5.75 Å². The number of hydrogen-bond acceptors (Lipinski definition) is 7. The van der Waals surface area contributed by atoms with Crippen molar-refractivity contribution in [3.05, 3.63) is 53.5 Å². The van der Waals surface area contributed by atoms with Crippen molar-refractivity contribution >= 4 is 44.6 Å². The third-order valence-electron chi connectivity index (χ3n) is 10.7. The SMILES string of the molecule is C=S(C)(=O)NC12C3C4C1C1C2C3C41CNC(=O)c1cc(C(=O)NCc2ccc3c(c2)NC(=O)CO3)nc2ccnn12. The lowest BCUT2D eigenvalue weighted by molar-refractivity contribution is -0.621. The van der Waals surface area contributed by atoms with Crippen molar-refractivity contribution in [1.29, 1.82) is 0 Å². The van der Waals surface area contributed by atoms with Gasteiger partial charge in [-0.25, -0.2) is 14.2 Å². The van der Waals surface area contributed by atoms with E-state index in [0.717, 1.165) is 5.56 Å². The second kappa shape index (κ2) is 7.26. The second-order valence-corrected chi connectivity index (χ2v) is 14.7. The van der Waals surface area contributed by atoms with Gasteiger partial charge in [0.1, 0.15) is 17.1 Å². The molecule has 6 saturated carbocycles. The third kappa shape index (κ3) is 2.67. The summed E-state index contributed by atoms with van der Waals surface area (Å²) in [6.07, 6.45) is 3.22. The van der Waals surface area contributed by atoms with Crippen LogP contribution in [0.25, 0.3) is 5.65 Å². The van der Waals surface area contributed by atoms with Crippen LogP contribution in [-0.2, 0) is 21.0 Å². The van der Waals surface area contributed by atoms with E-state index in [1.54, 1.807) is 30.7 Å². The Bertz CT molecular complexity index is 1810. The van der Waals surface area contributed by atoms with Gasteiger partial charge in [-0.2, -0.15) is 5.10 Å². The molecule has 4 N–H and O–H groups in total. The molecule has 0 saturated heterocycles. The molecule has 1 unspecified atom stereocenters. The molecule has 1 aromatic carbocycles. The molecule has 7 aliphatic rings. The maximum atomic E-state index is 13.4. The molecule has 0 bridgehead atoms. The van der Waals surface area contributed by atoms with Gasteiger partial charge in [0.2, 0.25) is 0 Å². The molecule has 13 heteroatoms. The van der Waals surface area contributed by atoms with Crippen LogP contribution in [0.3, 0.4) is 0 Å². The summed E-state index contributed by atoms with van der Waals surface area (Å²) in [6, 6.07) is 8.43. The Balaban J connectivity index is 0.890. The smallest absolute Gasteiger partial charge is 0.270 e. The predicted octanol–water partition coefficient (Wildman–Crippen LogP) is 0.0612. The molecule has 3 amide bonds. The molecule has 2 aromatic heterocycles. The maximum absolute atomic E-state index is 13.4. The lowest BCUT2D eigenvalue weighted by atomic mass is 8.94. The summed E-state index contributed by atoms with van der Waals surface area (Å²) in [5.41, 5.74) is 2.31. The van der Waals surface area contributed by atoms with Gasteiger partial charge in [-0.15, -0.1) is 0 Å². The maximum Gasteiger partial charge on any atom is 0.270 e. The number of nitrogens with zero attached hydrogens (tertiary/aromatic N) is 3. The number of ether oxygens (including phenoxy) is 1. The number of nitrogens with one attached hydrogen (secondary N) is 4. The predicted molar refractivity (Wildman–Crippen MR) is 147 cm³/mol. The molecule has 3 heterocycles. The molecule has 41 heavy (non-hydrogen) atoms. The van der Waals surface area contributed by atoms with E-state index < -0.39 is 15.6 Å².